The van der Waals surface area contributed by atoms with E-state index in [9.17, 15) is 9.59 Å². The molecular weight excluding hydrogens is 350 g/mol. The van der Waals surface area contributed by atoms with Crippen LogP contribution in [0.1, 0.15) is 50.4 Å². The van der Waals surface area contributed by atoms with Gasteiger partial charge in [-0.1, -0.05) is 13.8 Å². The second-order valence-electron chi connectivity index (χ2n) is 8.68. The van der Waals surface area contributed by atoms with Gasteiger partial charge in [0.2, 0.25) is 5.91 Å². The highest BCUT2D eigenvalue weighted by Crippen LogP contribution is 2.32. The number of benzene rings is 1. The van der Waals surface area contributed by atoms with E-state index in [2.05, 4.69) is 42.5 Å². The molecule has 2 aliphatic rings. The molecule has 1 atom stereocenters. The van der Waals surface area contributed by atoms with Crippen LogP contribution in [0.5, 0.6) is 0 Å². The lowest BCUT2D eigenvalue weighted by molar-refractivity contribution is -0.133. The van der Waals surface area contributed by atoms with Crippen molar-refractivity contribution in [3.63, 3.8) is 0 Å². The SMILES string of the molecule is CCn1ccc2cc(C(=O)N3CCC(=O)N(CC4CC4)C(C(C)C)C3)ccc21. The van der Waals surface area contributed by atoms with E-state index in [0.717, 1.165) is 24.0 Å². The monoisotopic (exact) mass is 381 g/mol. The zero-order chi connectivity index (χ0) is 19.8. The van der Waals surface area contributed by atoms with E-state index in [-0.39, 0.29) is 17.9 Å². The molecule has 1 aromatic heterocycles. The van der Waals surface area contributed by atoms with E-state index in [4.69, 9.17) is 0 Å². The summed E-state index contributed by atoms with van der Waals surface area (Å²) in [6.45, 7) is 9.35. The van der Waals surface area contributed by atoms with Crippen LogP contribution in [0.15, 0.2) is 30.5 Å². The third-order valence-electron chi connectivity index (χ3n) is 6.29. The smallest absolute Gasteiger partial charge is 0.253 e. The molecule has 1 unspecified atom stereocenters. The minimum Gasteiger partial charge on any atom is -0.348 e. The Bertz CT molecular complexity index is 881. The molecule has 1 aromatic carbocycles. The van der Waals surface area contributed by atoms with Gasteiger partial charge in [0.25, 0.3) is 5.91 Å². The molecule has 1 saturated carbocycles. The molecule has 2 heterocycles. The first-order valence-electron chi connectivity index (χ1n) is 10.7. The lowest BCUT2D eigenvalue weighted by Gasteiger charge is -2.34. The summed E-state index contributed by atoms with van der Waals surface area (Å²) in [7, 11) is 0. The number of aryl methyl sites for hydroxylation is 1. The molecule has 2 amide bonds. The van der Waals surface area contributed by atoms with E-state index in [1.807, 2.05) is 23.1 Å². The molecule has 0 radical (unpaired) electrons. The molecule has 1 saturated heterocycles. The molecule has 0 spiro atoms. The van der Waals surface area contributed by atoms with Gasteiger partial charge >= 0.3 is 0 Å². The van der Waals surface area contributed by atoms with Gasteiger partial charge in [0.05, 0.1) is 6.04 Å². The molecular formula is C23H31N3O2. The Hall–Kier alpha value is -2.30. The van der Waals surface area contributed by atoms with Gasteiger partial charge in [0.15, 0.2) is 0 Å². The third-order valence-corrected chi connectivity index (χ3v) is 6.29. The predicted octanol–water partition coefficient (Wildman–Crippen LogP) is 3.77. The van der Waals surface area contributed by atoms with Crippen LogP contribution >= 0.6 is 0 Å². The largest absolute Gasteiger partial charge is 0.348 e. The number of carbonyl (C=O) groups excluding carboxylic acids is 2. The number of nitrogens with zero attached hydrogens (tertiary/aromatic N) is 3. The maximum absolute atomic E-state index is 13.3. The van der Waals surface area contributed by atoms with Crippen molar-refractivity contribution < 1.29 is 9.59 Å². The lowest BCUT2D eigenvalue weighted by Crippen LogP contribution is -2.48. The molecule has 150 valence electrons. The van der Waals surface area contributed by atoms with Crippen LogP contribution < -0.4 is 0 Å². The summed E-state index contributed by atoms with van der Waals surface area (Å²) in [4.78, 5) is 30.0. The Kier molecular flexibility index (Phi) is 5.17. The van der Waals surface area contributed by atoms with E-state index >= 15 is 0 Å². The summed E-state index contributed by atoms with van der Waals surface area (Å²) in [6.07, 6.45) is 4.95. The number of aromatic nitrogens is 1. The summed E-state index contributed by atoms with van der Waals surface area (Å²) in [5.74, 6) is 1.24. The fourth-order valence-electron chi connectivity index (χ4n) is 4.34. The van der Waals surface area contributed by atoms with Crippen molar-refractivity contribution in [1.82, 2.24) is 14.4 Å². The topological polar surface area (TPSA) is 45.6 Å². The van der Waals surface area contributed by atoms with Crippen molar-refractivity contribution in [1.29, 1.82) is 0 Å². The first-order valence-corrected chi connectivity index (χ1v) is 10.7. The molecule has 5 heteroatoms. The molecule has 1 aliphatic carbocycles. The molecule has 2 fully saturated rings. The van der Waals surface area contributed by atoms with Crippen LogP contribution in [-0.4, -0.2) is 51.9 Å². The number of hydrogen-bond acceptors (Lipinski definition) is 2. The first kappa shape index (κ1) is 19.0. The molecule has 4 rings (SSSR count). The number of amides is 2. The Morgan fingerprint density at radius 3 is 2.68 bits per heavy atom. The maximum atomic E-state index is 13.3. The second-order valence-corrected chi connectivity index (χ2v) is 8.68. The van der Waals surface area contributed by atoms with Crippen LogP contribution in [0.3, 0.4) is 0 Å². The summed E-state index contributed by atoms with van der Waals surface area (Å²) in [6, 6.07) is 8.12. The molecule has 2 aromatic rings. The Balaban J connectivity index is 1.57. The van der Waals surface area contributed by atoms with Crippen LogP contribution in [0.25, 0.3) is 10.9 Å². The average molecular weight is 382 g/mol. The van der Waals surface area contributed by atoms with Crippen molar-refractivity contribution in [3.05, 3.63) is 36.0 Å². The zero-order valence-corrected chi connectivity index (χ0v) is 17.2. The first-order chi connectivity index (χ1) is 13.5. The van der Waals surface area contributed by atoms with Gasteiger partial charge in [-0.15, -0.1) is 0 Å². The van der Waals surface area contributed by atoms with Crippen molar-refractivity contribution in [2.75, 3.05) is 19.6 Å². The highest BCUT2D eigenvalue weighted by Gasteiger charge is 2.36. The van der Waals surface area contributed by atoms with Gasteiger partial charge in [-0.3, -0.25) is 9.59 Å². The summed E-state index contributed by atoms with van der Waals surface area (Å²) in [5, 5.41) is 1.09. The standard InChI is InChI=1S/C23H31N3O2/c1-4-24-11-9-18-13-19(7-8-20(18)24)23(28)25-12-10-22(27)26(14-17-5-6-17)21(15-25)16(2)3/h7-9,11,13,16-17,21H,4-6,10,12,14-15H2,1-3H3. The number of fused-ring (bicyclic) bond motifs is 1. The van der Waals surface area contributed by atoms with Crippen molar-refractivity contribution >= 4 is 22.7 Å². The van der Waals surface area contributed by atoms with E-state index in [1.165, 1.54) is 12.8 Å². The quantitative estimate of drug-likeness (QED) is 0.791. The Morgan fingerprint density at radius 2 is 2.00 bits per heavy atom. The van der Waals surface area contributed by atoms with Crippen molar-refractivity contribution in [2.24, 2.45) is 11.8 Å². The number of rotatable bonds is 5. The fraction of sp³-hybridized carbons (Fsp3) is 0.565. The highest BCUT2D eigenvalue weighted by atomic mass is 16.2. The minimum absolute atomic E-state index is 0.0397. The minimum atomic E-state index is 0.0397. The van der Waals surface area contributed by atoms with E-state index < -0.39 is 0 Å². The highest BCUT2D eigenvalue weighted by molar-refractivity contribution is 5.98. The van der Waals surface area contributed by atoms with E-state index in [1.54, 1.807) is 0 Å². The van der Waals surface area contributed by atoms with Crippen LogP contribution in [-0.2, 0) is 11.3 Å². The molecule has 1 aliphatic heterocycles. The average Bonchev–Trinajstić information content (AvgIpc) is 3.44. The van der Waals surface area contributed by atoms with E-state index in [0.29, 0.717) is 36.9 Å². The Labute approximate surface area is 167 Å². The second kappa shape index (κ2) is 7.61. The van der Waals surface area contributed by atoms with Gasteiger partial charge in [0, 0.05) is 55.3 Å². The van der Waals surface area contributed by atoms with Crippen LogP contribution in [0.4, 0.5) is 0 Å². The van der Waals surface area contributed by atoms with Crippen LogP contribution in [0, 0.1) is 11.8 Å². The fourth-order valence-corrected chi connectivity index (χ4v) is 4.34. The molecule has 5 nitrogen and oxygen atoms in total. The normalized spacial score (nSPS) is 20.9. The third kappa shape index (κ3) is 3.67. The maximum Gasteiger partial charge on any atom is 0.253 e. The van der Waals surface area contributed by atoms with Gasteiger partial charge in [0.1, 0.15) is 0 Å². The van der Waals surface area contributed by atoms with Crippen molar-refractivity contribution in [3.8, 4) is 0 Å². The molecule has 0 bridgehead atoms. The summed E-state index contributed by atoms with van der Waals surface area (Å²) >= 11 is 0. The predicted molar refractivity (Wildman–Crippen MR) is 111 cm³/mol. The molecule has 28 heavy (non-hydrogen) atoms. The van der Waals surface area contributed by atoms with Crippen LogP contribution in [0.2, 0.25) is 0 Å². The lowest BCUT2D eigenvalue weighted by atomic mass is 10.0. The zero-order valence-electron chi connectivity index (χ0n) is 17.2. The molecule has 0 N–H and O–H groups in total. The van der Waals surface area contributed by atoms with Gasteiger partial charge in [-0.2, -0.15) is 0 Å². The van der Waals surface area contributed by atoms with Gasteiger partial charge < -0.3 is 14.4 Å². The van der Waals surface area contributed by atoms with Gasteiger partial charge in [-0.25, -0.2) is 0 Å². The number of hydrogen-bond donors (Lipinski definition) is 0. The van der Waals surface area contributed by atoms with Gasteiger partial charge in [-0.05, 0) is 55.9 Å². The summed E-state index contributed by atoms with van der Waals surface area (Å²) < 4.78 is 2.18. The van der Waals surface area contributed by atoms with Crippen molar-refractivity contribution in [2.45, 2.75) is 52.6 Å². The Morgan fingerprint density at radius 1 is 1.21 bits per heavy atom. The summed E-state index contributed by atoms with van der Waals surface area (Å²) in [5.41, 5.74) is 1.87. The number of carbonyl (C=O) groups is 2.